The first-order valence-electron chi connectivity index (χ1n) is 6.36. The van der Waals surface area contributed by atoms with Gasteiger partial charge in [-0.2, -0.15) is 0 Å². The number of halogens is 1. The molecule has 0 saturated carbocycles. The summed E-state index contributed by atoms with van der Waals surface area (Å²) >= 11 is 6.10. The summed E-state index contributed by atoms with van der Waals surface area (Å²) in [6.07, 6.45) is 4.83. The number of hydrogen-bond acceptors (Lipinski definition) is 2. The molecule has 1 aromatic carbocycles. The van der Waals surface area contributed by atoms with Crippen LogP contribution in [-0.4, -0.2) is 17.7 Å². The number of rotatable bonds is 7. The number of benzene rings is 1. The number of aliphatic carboxylic acids is 1. The fourth-order valence-electron chi connectivity index (χ4n) is 1.71. The minimum absolute atomic E-state index is 0.493. The molecule has 3 nitrogen and oxygen atoms in total. The van der Waals surface area contributed by atoms with Gasteiger partial charge in [0.05, 0.1) is 11.6 Å². The minimum Gasteiger partial charge on any atom is -0.492 e. The average Bonchev–Trinajstić information content (AvgIpc) is 2.35. The van der Waals surface area contributed by atoms with Crippen molar-refractivity contribution in [2.75, 3.05) is 6.61 Å². The van der Waals surface area contributed by atoms with Gasteiger partial charge in [-0.3, -0.25) is 0 Å². The lowest BCUT2D eigenvalue weighted by molar-refractivity contribution is -0.131. The average molecular weight is 283 g/mol. The Kier molecular flexibility index (Phi) is 6.43. The SMILES string of the molecule is CCCC(C)COc1ccc(C=CC(=O)O)cc1Cl. The molecule has 0 radical (unpaired) electrons. The van der Waals surface area contributed by atoms with E-state index in [2.05, 4.69) is 13.8 Å². The largest absolute Gasteiger partial charge is 0.492 e. The second-order valence-corrected chi connectivity index (χ2v) is 4.97. The molecule has 4 heteroatoms. The highest BCUT2D eigenvalue weighted by molar-refractivity contribution is 6.32. The van der Waals surface area contributed by atoms with Crippen molar-refractivity contribution in [3.63, 3.8) is 0 Å². The molecule has 1 unspecified atom stereocenters. The maximum Gasteiger partial charge on any atom is 0.328 e. The van der Waals surface area contributed by atoms with E-state index in [-0.39, 0.29) is 0 Å². The smallest absolute Gasteiger partial charge is 0.328 e. The number of hydrogen-bond donors (Lipinski definition) is 1. The van der Waals surface area contributed by atoms with E-state index in [0.29, 0.717) is 23.3 Å². The lowest BCUT2D eigenvalue weighted by Crippen LogP contribution is -2.08. The Labute approximate surface area is 118 Å². The molecule has 0 bridgehead atoms. The van der Waals surface area contributed by atoms with Gasteiger partial charge in [-0.1, -0.05) is 37.9 Å². The quantitative estimate of drug-likeness (QED) is 0.760. The van der Waals surface area contributed by atoms with Crippen LogP contribution in [0.5, 0.6) is 5.75 Å². The maximum absolute atomic E-state index is 10.4. The second-order valence-electron chi connectivity index (χ2n) is 4.57. The number of carboxylic acid groups (broad SMARTS) is 1. The van der Waals surface area contributed by atoms with Gasteiger partial charge < -0.3 is 9.84 Å². The molecule has 0 aliphatic heterocycles. The predicted molar refractivity (Wildman–Crippen MR) is 77.7 cm³/mol. The van der Waals surface area contributed by atoms with Gasteiger partial charge in [-0.25, -0.2) is 4.79 Å². The molecule has 0 saturated heterocycles. The summed E-state index contributed by atoms with van der Waals surface area (Å²) in [6, 6.07) is 5.24. The van der Waals surface area contributed by atoms with Crippen LogP contribution in [0.4, 0.5) is 0 Å². The van der Waals surface area contributed by atoms with Gasteiger partial charge in [-0.05, 0) is 36.1 Å². The van der Waals surface area contributed by atoms with Crippen LogP contribution in [0.3, 0.4) is 0 Å². The number of carbonyl (C=O) groups is 1. The molecule has 1 rings (SSSR count). The first kappa shape index (κ1) is 15.6. The Morgan fingerprint density at radius 3 is 2.84 bits per heavy atom. The Morgan fingerprint density at radius 2 is 2.26 bits per heavy atom. The molecule has 0 aliphatic rings. The van der Waals surface area contributed by atoms with Crippen molar-refractivity contribution in [3.8, 4) is 5.75 Å². The zero-order valence-corrected chi connectivity index (χ0v) is 12.0. The monoisotopic (exact) mass is 282 g/mol. The van der Waals surface area contributed by atoms with Crippen molar-refractivity contribution in [1.82, 2.24) is 0 Å². The van der Waals surface area contributed by atoms with Crippen molar-refractivity contribution < 1.29 is 14.6 Å². The molecule has 1 N–H and O–H groups in total. The Bertz CT molecular complexity index is 455. The Hall–Kier alpha value is -1.48. The number of ether oxygens (including phenoxy) is 1. The highest BCUT2D eigenvalue weighted by atomic mass is 35.5. The van der Waals surface area contributed by atoms with Crippen LogP contribution in [0.15, 0.2) is 24.3 Å². The zero-order chi connectivity index (χ0) is 14.3. The lowest BCUT2D eigenvalue weighted by Gasteiger charge is -2.13. The summed E-state index contributed by atoms with van der Waals surface area (Å²) in [5.41, 5.74) is 0.737. The van der Waals surface area contributed by atoms with Crippen molar-refractivity contribution >= 4 is 23.6 Å². The molecule has 0 spiro atoms. The highest BCUT2D eigenvalue weighted by Gasteiger charge is 2.05. The number of carboxylic acids is 1. The van der Waals surface area contributed by atoms with Crippen molar-refractivity contribution in [1.29, 1.82) is 0 Å². The van der Waals surface area contributed by atoms with Crippen LogP contribution in [-0.2, 0) is 4.79 Å². The first-order chi connectivity index (χ1) is 9.02. The highest BCUT2D eigenvalue weighted by Crippen LogP contribution is 2.26. The maximum atomic E-state index is 10.4. The van der Waals surface area contributed by atoms with Crippen LogP contribution in [0.1, 0.15) is 32.3 Å². The molecule has 0 fully saturated rings. The summed E-state index contributed by atoms with van der Waals surface area (Å²) in [4.78, 5) is 10.4. The molecule has 0 aliphatic carbocycles. The van der Waals surface area contributed by atoms with E-state index in [1.165, 1.54) is 6.08 Å². The van der Waals surface area contributed by atoms with Gasteiger partial charge >= 0.3 is 5.97 Å². The van der Waals surface area contributed by atoms with Crippen molar-refractivity contribution in [2.24, 2.45) is 5.92 Å². The topological polar surface area (TPSA) is 46.5 Å². The zero-order valence-electron chi connectivity index (χ0n) is 11.2. The van der Waals surface area contributed by atoms with Crippen LogP contribution >= 0.6 is 11.6 Å². The molecular formula is C15H19ClO3. The predicted octanol–water partition coefficient (Wildman–Crippen LogP) is 4.25. The third kappa shape index (κ3) is 5.79. The summed E-state index contributed by atoms with van der Waals surface area (Å²) in [7, 11) is 0. The van der Waals surface area contributed by atoms with Crippen LogP contribution in [0, 0.1) is 5.92 Å². The van der Waals surface area contributed by atoms with E-state index in [4.69, 9.17) is 21.4 Å². The van der Waals surface area contributed by atoms with Gasteiger partial charge in [0.1, 0.15) is 5.75 Å². The van der Waals surface area contributed by atoms with Gasteiger partial charge in [0.25, 0.3) is 0 Å². The van der Waals surface area contributed by atoms with E-state index >= 15 is 0 Å². The van der Waals surface area contributed by atoms with Crippen molar-refractivity contribution in [2.45, 2.75) is 26.7 Å². The van der Waals surface area contributed by atoms with Crippen LogP contribution in [0.25, 0.3) is 6.08 Å². The molecule has 0 amide bonds. The molecular weight excluding hydrogens is 264 g/mol. The van der Waals surface area contributed by atoms with E-state index < -0.39 is 5.97 Å². The fraction of sp³-hybridized carbons (Fsp3) is 0.400. The summed E-state index contributed by atoms with van der Waals surface area (Å²) in [5.74, 6) is 0.148. The second kappa shape index (κ2) is 7.85. The van der Waals surface area contributed by atoms with Crippen LogP contribution in [0.2, 0.25) is 5.02 Å². The Balaban J connectivity index is 2.64. The van der Waals surface area contributed by atoms with E-state index in [9.17, 15) is 4.79 Å². The van der Waals surface area contributed by atoms with Gasteiger partial charge in [-0.15, -0.1) is 0 Å². The van der Waals surface area contributed by atoms with Crippen molar-refractivity contribution in [3.05, 3.63) is 34.9 Å². The summed E-state index contributed by atoms with van der Waals surface area (Å²) in [6.45, 7) is 4.92. The van der Waals surface area contributed by atoms with Gasteiger partial charge in [0.2, 0.25) is 0 Å². The minimum atomic E-state index is -0.982. The molecule has 104 valence electrons. The summed E-state index contributed by atoms with van der Waals surface area (Å²) < 4.78 is 5.66. The third-order valence-electron chi connectivity index (χ3n) is 2.68. The third-order valence-corrected chi connectivity index (χ3v) is 2.97. The fourth-order valence-corrected chi connectivity index (χ4v) is 1.96. The van der Waals surface area contributed by atoms with E-state index in [0.717, 1.165) is 24.5 Å². The lowest BCUT2D eigenvalue weighted by atomic mass is 10.1. The van der Waals surface area contributed by atoms with E-state index in [1.54, 1.807) is 18.2 Å². The molecule has 1 aromatic rings. The summed E-state index contributed by atoms with van der Waals surface area (Å²) in [5, 5.41) is 9.05. The van der Waals surface area contributed by atoms with E-state index in [1.807, 2.05) is 0 Å². The normalized spacial score (nSPS) is 12.6. The Morgan fingerprint density at radius 1 is 1.53 bits per heavy atom. The first-order valence-corrected chi connectivity index (χ1v) is 6.74. The standard InChI is InChI=1S/C15H19ClO3/c1-3-4-11(2)10-19-14-7-5-12(9-13(14)16)6-8-15(17)18/h5-9,11H,3-4,10H2,1-2H3,(H,17,18). The molecule has 1 atom stereocenters. The van der Waals surface area contributed by atoms with Crippen LogP contribution < -0.4 is 4.74 Å². The molecule has 0 heterocycles. The van der Waals surface area contributed by atoms with Gasteiger partial charge in [0.15, 0.2) is 0 Å². The molecule has 19 heavy (non-hydrogen) atoms. The molecule has 0 aromatic heterocycles. The van der Waals surface area contributed by atoms with Gasteiger partial charge in [0, 0.05) is 6.08 Å².